The summed E-state index contributed by atoms with van der Waals surface area (Å²) < 4.78 is 12.1. The van der Waals surface area contributed by atoms with E-state index in [1.807, 2.05) is 0 Å². The molecule has 2 aromatic carbocycles. The highest BCUT2D eigenvalue weighted by Gasteiger charge is 2.26. The van der Waals surface area contributed by atoms with Crippen LogP contribution in [0.15, 0.2) is 48.5 Å². The lowest BCUT2D eigenvalue weighted by Crippen LogP contribution is -2.03. The van der Waals surface area contributed by atoms with E-state index in [-0.39, 0.29) is 5.82 Å². The second-order valence-electron chi connectivity index (χ2n) is 3.52. The third-order valence-electron chi connectivity index (χ3n) is 2.40. The largest absolute Gasteiger partial charge is 0.216 e. The van der Waals surface area contributed by atoms with E-state index < -0.39 is 3.79 Å². The van der Waals surface area contributed by atoms with Crippen molar-refractivity contribution in [3.05, 3.63) is 59.9 Å². The summed E-state index contributed by atoms with van der Waals surface area (Å²) in [4.78, 5) is 0. The summed E-state index contributed by atoms with van der Waals surface area (Å²) in [6.45, 7) is 0. The van der Waals surface area contributed by atoms with Crippen LogP contribution in [-0.4, -0.2) is 0 Å². The number of alkyl halides is 3. The molecule has 0 fully saturated rings. The predicted molar refractivity (Wildman–Crippen MR) is 71.1 cm³/mol. The molecule has 0 unspecified atom stereocenters. The van der Waals surface area contributed by atoms with Crippen molar-refractivity contribution in [1.29, 1.82) is 0 Å². The van der Waals surface area contributed by atoms with Crippen molar-refractivity contribution < 1.29 is 4.39 Å². The van der Waals surface area contributed by atoms with Gasteiger partial charge in [-0.05, 0) is 11.6 Å². The Kier molecular flexibility index (Phi) is 3.62. The summed E-state index contributed by atoms with van der Waals surface area (Å²) in [5.41, 5.74) is 1.48. The lowest BCUT2D eigenvalue weighted by molar-refractivity contribution is 0.631. The summed E-state index contributed by atoms with van der Waals surface area (Å²) in [6, 6.07) is 13.3. The molecule has 4 heteroatoms. The quantitative estimate of drug-likeness (QED) is 0.623. The molecule has 0 aliphatic rings. The molecule has 0 spiro atoms. The van der Waals surface area contributed by atoms with Crippen molar-refractivity contribution in [2.24, 2.45) is 0 Å². The molecule has 88 valence electrons. The topological polar surface area (TPSA) is 0 Å². The van der Waals surface area contributed by atoms with Crippen molar-refractivity contribution in [2.75, 3.05) is 0 Å². The van der Waals surface area contributed by atoms with Gasteiger partial charge in [0.15, 0.2) is 0 Å². The molecule has 0 N–H and O–H groups in total. The Morgan fingerprint density at radius 3 is 1.88 bits per heavy atom. The van der Waals surface area contributed by atoms with Gasteiger partial charge < -0.3 is 0 Å². The first-order chi connectivity index (χ1) is 8.00. The molecular formula is C13H8Cl3F. The van der Waals surface area contributed by atoms with Crippen LogP contribution in [0.25, 0.3) is 11.1 Å². The molecule has 0 bridgehead atoms. The molecule has 0 amide bonds. The minimum absolute atomic E-state index is 0.339. The number of halogens is 4. The van der Waals surface area contributed by atoms with E-state index >= 15 is 0 Å². The average molecular weight is 290 g/mol. The maximum Gasteiger partial charge on any atom is 0.216 e. The Labute approximate surface area is 114 Å². The lowest BCUT2D eigenvalue weighted by atomic mass is 10.00. The molecule has 0 aliphatic heterocycles. The van der Waals surface area contributed by atoms with E-state index in [4.69, 9.17) is 34.8 Å². The van der Waals surface area contributed by atoms with Gasteiger partial charge in [-0.15, -0.1) is 0 Å². The first kappa shape index (κ1) is 12.7. The molecule has 0 radical (unpaired) electrons. The molecule has 0 aliphatic carbocycles. The molecule has 2 rings (SSSR count). The third-order valence-corrected chi connectivity index (χ3v) is 3.01. The normalized spacial score (nSPS) is 11.5. The van der Waals surface area contributed by atoms with Crippen molar-refractivity contribution >= 4 is 34.8 Å². The number of hydrogen-bond acceptors (Lipinski definition) is 0. The van der Waals surface area contributed by atoms with Crippen LogP contribution in [0.5, 0.6) is 0 Å². The summed E-state index contributed by atoms with van der Waals surface area (Å²) in [5, 5.41) is 0. The van der Waals surface area contributed by atoms with E-state index in [0.717, 1.165) is 0 Å². The van der Waals surface area contributed by atoms with Gasteiger partial charge in [0.1, 0.15) is 5.82 Å². The zero-order valence-corrected chi connectivity index (χ0v) is 10.9. The van der Waals surface area contributed by atoms with Crippen LogP contribution < -0.4 is 0 Å². The van der Waals surface area contributed by atoms with E-state index in [0.29, 0.717) is 16.7 Å². The molecular weight excluding hydrogens is 282 g/mol. The zero-order chi connectivity index (χ0) is 12.5. The molecule has 0 atom stereocenters. The predicted octanol–water partition coefficient (Wildman–Crippen LogP) is 5.32. The second-order valence-corrected chi connectivity index (χ2v) is 5.80. The van der Waals surface area contributed by atoms with Gasteiger partial charge in [-0.3, -0.25) is 0 Å². The SMILES string of the molecule is Fc1ccccc1-c1ccccc1C(Cl)(Cl)Cl. The monoisotopic (exact) mass is 288 g/mol. The van der Waals surface area contributed by atoms with Gasteiger partial charge in [0.05, 0.1) is 0 Å². The van der Waals surface area contributed by atoms with Gasteiger partial charge in [0.25, 0.3) is 0 Å². The van der Waals surface area contributed by atoms with Crippen molar-refractivity contribution in [2.45, 2.75) is 3.79 Å². The minimum atomic E-state index is -1.57. The van der Waals surface area contributed by atoms with E-state index in [1.54, 1.807) is 42.5 Å². The summed E-state index contributed by atoms with van der Waals surface area (Å²) in [6.07, 6.45) is 0. The Balaban J connectivity index is 2.65. The van der Waals surface area contributed by atoms with Crippen molar-refractivity contribution in [3.8, 4) is 11.1 Å². The lowest BCUT2D eigenvalue weighted by Gasteiger charge is -2.16. The first-order valence-electron chi connectivity index (χ1n) is 4.91. The highest BCUT2D eigenvalue weighted by molar-refractivity contribution is 6.67. The van der Waals surface area contributed by atoms with Crippen LogP contribution in [-0.2, 0) is 3.79 Å². The third kappa shape index (κ3) is 2.74. The molecule has 2 aromatic rings. The van der Waals surface area contributed by atoms with Crippen LogP contribution >= 0.6 is 34.8 Å². The zero-order valence-electron chi connectivity index (χ0n) is 8.63. The molecule has 17 heavy (non-hydrogen) atoms. The smallest absolute Gasteiger partial charge is 0.206 e. The Morgan fingerprint density at radius 1 is 0.765 bits per heavy atom. The summed E-state index contributed by atoms with van der Waals surface area (Å²) >= 11 is 17.6. The van der Waals surface area contributed by atoms with E-state index in [1.165, 1.54) is 6.07 Å². The van der Waals surface area contributed by atoms with Gasteiger partial charge in [0, 0.05) is 11.1 Å². The molecule has 0 saturated carbocycles. The van der Waals surface area contributed by atoms with Crippen molar-refractivity contribution in [3.63, 3.8) is 0 Å². The Hall–Kier alpha value is -0.760. The fourth-order valence-electron chi connectivity index (χ4n) is 1.64. The summed E-state index contributed by atoms with van der Waals surface area (Å²) in [7, 11) is 0. The van der Waals surface area contributed by atoms with E-state index in [9.17, 15) is 4.39 Å². The summed E-state index contributed by atoms with van der Waals surface area (Å²) in [5.74, 6) is -0.339. The number of benzene rings is 2. The van der Waals surface area contributed by atoms with Gasteiger partial charge in [-0.25, -0.2) is 4.39 Å². The van der Waals surface area contributed by atoms with Gasteiger partial charge in [0.2, 0.25) is 3.79 Å². The van der Waals surface area contributed by atoms with Gasteiger partial charge in [-0.2, -0.15) is 0 Å². The number of rotatable bonds is 1. The maximum atomic E-state index is 13.7. The van der Waals surface area contributed by atoms with Crippen LogP contribution in [0, 0.1) is 5.82 Å². The highest BCUT2D eigenvalue weighted by atomic mass is 35.6. The molecule has 0 nitrogen and oxygen atoms in total. The van der Waals surface area contributed by atoms with Gasteiger partial charge >= 0.3 is 0 Å². The minimum Gasteiger partial charge on any atom is -0.206 e. The first-order valence-corrected chi connectivity index (χ1v) is 6.04. The fraction of sp³-hybridized carbons (Fsp3) is 0.0769. The maximum absolute atomic E-state index is 13.7. The molecule has 0 saturated heterocycles. The fourth-order valence-corrected chi connectivity index (χ4v) is 2.14. The Bertz CT molecular complexity index is 532. The highest BCUT2D eigenvalue weighted by Crippen LogP contribution is 2.43. The van der Waals surface area contributed by atoms with Crippen LogP contribution in [0.1, 0.15) is 5.56 Å². The van der Waals surface area contributed by atoms with Crippen LogP contribution in [0.4, 0.5) is 4.39 Å². The number of hydrogen-bond donors (Lipinski definition) is 0. The molecule has 0 heterocycles. The van der Waals surface area contributed by atoms with Gasteiger partial charge in [-0.1, -0.05) is 77.3 Å². The van der Waals surface area contributed by atoms with Crippen LogP contribution in [0.3, 0.4) is 0 Å². The van der Waals surface area contributed by atoms with Crippen molar-refractivity contribution in [1.82, 2.24) is 0 Å². The van der Waals surface area contributed by atoms with Crippen LogP contribution in [0.2, 0.25) is 0 Å². The second kappa shape index (κ2) is 4.85. The Morgan fingerprint density at radius 2 is 1.29 bits per heavy atom. The standard InChI is InChI=1S/C13H8Cl3F/c14-13(15,16)11-7-3-1-5-9(11)10-6-2-4-8-12(10)17/h1-8H. The molecule has 0 aromatic heterocycles. The average Bonchev–Trinajstić information content (AvgIpc) is 2.28. The van der Waals surface area contributed by atoms with E-state index in [2.05, 4.69) is 0 Å².